The van der Waals surface area contributed by atoms with Crippen molar-refractivity contribution in [1.82, 2.24) is 10.4 Å². The number of alkyl halides is 1. The number of carbonyl (C=O) groups excluding carboxylic acids is 1. The first-order valence-electron chi connectivity index (χ1n) is 12.3. The van der Waals surface area contributed by atoms with E-state index in [9.17, 15) is 4.79 Å². The van der Waals surface area contributed by atoms with Crippen LogP contribution in [0.4, 0.5) is 0 Å². The lowest BCUT2D eigenvalue weighted by molar-refractivity contribution is -0.126. The summed E-state index contributed by atoms with van der Waals surface area (Å²) in [5.74, 6) is 0.220. The van der Waals surface area contributed by atoms with E-state index in [-0.39, 0.29) is 5.91 Å². The summed E-state index contributed by atoms with van der Waals surface area (Å²) in [6, 6.07) is 0. The largest absolute Gasteiger partial charge is 0.289 e. The van der Waals surface area contributed by atoms with Crippen LogP contribution in [0.25, 0.3) is 0 Å². The molecule has 28 heavy (non-hydrogen) atoms. The number of unbranched alkanes of at least 4 members (excludes halogenated alkanes) is 14. The second-order valence-electron chi connectivity index (χ2n) is 8.26. The molecule has 0 radical (unpaired) electrons. The van der Waals surface area contributed by atoms with Crippen LogP contribution in [0.1, 0.15) is 129 Å². The molecule has 1 N–H and O–H groups in total. The number of hydrogen-bond donors (Lipinski definition) is 1. The summed E-state index contributed by atoms with van der Waals surface area (Å²) in [5.41, 5.74) is 3.21. The molecule has 0 rings (SSSR count). The quantitative estimate of drug-likeness (QED) is 0.101. The van der Waals surface area contributed by atoms with Crippen LogP contribution in [-0.2, 0) is 4.79 Å². The van der Waals surface area contributed by atoms with E-state index in [2.05, 4.69) is 40.2 Å². The molecule has 0 aromatic carbocycles. The maximum Gasteiger partial charge on any atom is 0.234 e. The lowest BCUT2D eigenvalue weighted by atomic mass is 10.1. The summed E-state index contributed by atoms with van der Waals surface area (Å²) >= 11 is 3.48. The van der Waals surface area contributed by atoms with Gasteiger partial charge in [-0.05, 0) is 25.7 Å². The molecule has 0 fully saturated rings. The van der Waals surface area contributed by atoms with E-state index in [1.807, 2.05) is 0 Å². The second kappa shape index (κ2) is 23.2. The number of nitrogens with one attached hydrogen (secondary N) is 1. The maximum absolute atomic E-state index is 12.3. The number of hydrogen-bond acceptors (Lipinski definition) is 2. The molecule has 4 heteroatoms. The predicted octanol–water partition coefficient (Wildman–Crippen LogP) is 7.78. The first-order chi connectivity index (χ1) is 13.7. The van der Waals surface area contributed by atoms with Gasteiger partial charge in [0.15, 0.2) is 0 Å². The van der Waals surface area contributed by atoms with E-state index in [4.69, 9.17) is 0 Å². The SMILES string of the molecule is CCCCCCCCN(CCCCCCCC)NC(=O)CCCCCCCBr. The molecule has 0 atom stereocenters. The molecule has 0 aromatic rings. The van der Waals surface area contributed by atoms with Crippen molar-refractivity contribution >= 4 is 21.8 Å². The monoisotopic (exact) mass is 460 g/mol. The highest BCUT2D eigenvalue weighted by Crippen LogP contribution is 2.09. The molecule has 1 amide bonds. The first kappa shape index (κ1) is 27.9. The van der Waals surface area contributed by atoms with E-state index < -0.39 is 0 Å². The zero-order valence-corrected chi connectivity index (χ0v) is 20.7. The number of carbonyl (C=O) groups is 1. The van der Waals surface area contributed by atoms with Gasteiger partial charge in [-0.15, -0.1) is 0 Å². The van der Waals surface area contributed by atoms with Crippen LogP contribution in [-0.4, -0.2) is 29.3 Å². The number of hydrazine groups is 1. The Morgan fingerprint density at radius 3 is 1.57 bits per heavy atom. The third kappa shape index (κ3) is 20.6. The van der Waals surface area contributed by atoms with Crippen LogP contribution in [0.3, 0.4) is 0 Å². The van der Waals surface area contributed by atoms with Crippen LogP contribution in [0.5, 0.6) is 0 Å². The van der Waals surface area contributed by atoms with Crippen molar-refractivity contribution in [2.24, 2.45) is 0 Å². The van der Waals surface area contributed by atoms with Crippen molar-refractivity contribution in [3.05, 3.63) is 0 Å². The fourth-order valence-corrected chi connectivity index (χ4v) is 3.93. The molecule has 0 bridgehead atoms. The van der Waals surface area contributed by atoms with E-state index >= 15 is 0 Å². The molecular weight excluding hydrogens is 412 g/mol. The van der Waals surface area contributed by atoms with Crippen LogP contribution < -0.4 is 5.43 Å². The van der Waals surface area contributed by atoms with Gasteiger partial charge in [0, 0.05) is 24.8 Å². The summed E-state index contributed by atoms with van der Waals surface area (Å²) < 4.78 is 0. The maximum atomic E-state index is 12.3. The van der Waals surface area contributed by atoms with Crippen molar-refractivity contribution in [3.8, 4) is 0 Å². The molecule has 0 spiro atoms. The molecular formula is C24H49BrN2O. The van der Waals surface area contributed by atoms with Crippen LogP contribution in [0.15, 0.2) is 0 Å². The van der Waals surface area contributed by atoms with Gasteiger partial charge in [-0.2, -0.15) is 0 Å². The molecule has 0 aliphatic rings. The topological polar surface area (TPSA) is 32.3 Å². The highest BCUT2D eigenvalue weighted by Gasteiger charge is 2.09. The van der Waals surface area contributed by atoms with Crippen LogP contribution in [0, 0.1) is 0 Å². The molecule has 0 heterocycles. The average Bonchev–Trinajstić information content (AvgIpc) is 2.69. The molecule has 168 valence electrons. The smallest absolute Gasteiger partial charge is 0.234 e. The molecule has 0 unspecified atom stereocenters. The zero-order valence-electron chi connectivity index (χ0n) is 19.1. The second-order valence-corrected chi connectivity index (χ2v) is 9.06. The summed E-state index contributed by atoms with van der Waals surface area (Å²) in [6.45, 7) is 6.55. The Morgan fingerprint density at radius 2 is 1.07 bits per heavy atom. The average molecular weight is 462 g/mol. The minimum Gasteiger partial charge on any atom is -0.289 e. The lowest BCUT2D eigenvalue weighted by Gasteiger charge is -2.23. The van der Waals surface area contributed by atoms with Crippen molar-refractivity contribution < 1.29 is 4.79 Å². The molecule has 0 aromatic heterocycles. The van der Waals surface area contributed by atoms with Crippen LogP contribution in [0.2, 0.25) is 0 Å². The first-order valence-corrected chi connectivity index (χ1v) is 13.5. The lowest BCUT2D eigenvalue weighted by Crippen LogP contribution is -2.43. The van der Waals surface area contributed by atoms with Gasteiger partial charge in [-0.3, -0.25) is 10.2 Å². The molecule has 0 saturated carbocycles. The number of nitrogens with zero attached hydrogens (tertiary/aromatic N) is 1. The Morgan fingerprint density at radius 1 is 0.643 bits per heavy atom. The Hall–Kier alpha value is -0.0900. The van der Waals surface area contributed by atoms with E-state index in [0.717, 1.165) is 24.8 Å². The molecule has 0 saturated heterocycles. The summed E-state index contributed by atoms with van der Waals surface area (Å²) in [7, 11) is 0. The Balaban J connectivity index is 3.99. The third-order valence-corrected chi connectivity index (χ3v) is 5.94. The normalized spacial score (nSPS) is 11.3. The Bertz CT molecular complexity index is 310. The van der Waals surface area contributed by atoms with Gasteiger partial charge in [0.25, 0.3) is 0 Å². The molecule has 0 aliphatic heterocycles. The van der Waals surface area contributed by atoms with Gasteiger partial charge in [-0.25, -0.2) is 5.01 Å². The van der Waals surface area contributed by atoms with Gasteiger partial charge in [0.1, 0.15) is 0 Å². The predicted molar refractivity (Wildman–Crippen MR) is 128 cm³/mol. The van der Waals surface area contributed by atoms with Crippen molar-refractivity contribution in [3.63, 3.8) is 0 Å². The van der Waals surface area contributed by atoms with E-state index in [1.54, 1.807) is 0 Å². The number of amides is 1. The third-order valence-electron chi connectivity index (χ3n) is 5.38. The summed E-state index contributed by atoms with van der Waals surface area (Å²) in [5, 5.41) is 3.31. The summed E-state index contributed by atoms with van der Waals surface area (Å²) in [4.78, 5) is 12.3. The van der Waals surface area contributed by atoms with E-state index in [0.29, 0.717) is 6.42 Å². The Kier molecular flexibility index (Phi) is 23.1. The highest BCUT2D eigenvalue weighted by molar-refractivity contribution is 9.09. The molecule has 3 nitrogen and oxygen atoms in total. The fraction of sp³-hybridized carbons (Fsp3) is 0.958. The standard InChI is InChI=1S/C24H49BrN2O/c1-3-5-7-9-14-18-22-27(23-19-15-10-8-6-4-2)26-24(28)20-16-12-11-13-17-21-25/h3-23H2,1-2H3,(H,26,28). The van der Waals surface area contributed by atoms with Crippen molar-refractivity contribution in [2.45, 2.75) is 129 Å². The van der Waals surface area contributed by atoms with Gasteiger partial charge in [-0.1, -0.05) is 113 Å². The fourth-order valence-electron chi connectivity index (χ4n) is 3.53. The van der Waals surface area contributed by atoms with Gasteiger partial charge in [0.2, 0.25) is 5.91 Å². The minimum absolute atomic E-state index is 0.220. The van der Waals surface area contributed by atoms with Crippen molar-refractivity contribution in [1.29, 1.82) is 0 Å². The van der Waals surface area contributed by atoms with E-state index in [1.165, 1.54) is 103 Å². The molecule has 0 aliphatic carbocycles. The number of halogens is 1. The van der Waals surface area contributed by atoms with Crippen molar-refractivity contribution in [2.75, 3.05) is 18.4 Å². The number of rotatable bonds is 22. The van der Waals surface area contributed by atoms with Gasteiger partial charge in [0.05, 0.1) is 0 Å². The van der Waals surface area contributed by atoms with Gasteiger partial charge >= 0.3 is 0 Å². The summed E-state index contributed by atoms with van der Waals surface area (Å²) in [6.07, 6.45) is 22.3. The Labute approximate surface area is 184 Å². The van der Waals surface area contributed by atoms with Gasteiger partial charge < -0.3 is 0 Å². The highest BCUT2D eigenvalue weighted by atomic mass is 79.9. The van der Waals surface area contributed by atoms with Crippen LogP contribution >= 0.6 is 15.9 Å². The minimum atomic E-state index is 0.220. The zero-order chi connectivity index (χ0) is 20.7.